The maximum absolute atomic E-state index is 12.1. The number of rotatable bonds is 6. The van der Waals surface area contributed by atoms with Crippen LogP contribution in [0.2, 0.25) is 0 Å². The quantitative estimate of drug-likeness (QED) is 0.672. The monoisotopic (exact) mass is 376 g/mol. The van der Waals surface area contributed by atoms with Gasteiger partial charge in [0.25, 0.3) is 0 Å². The van der Waals surface area contributed by atoms with Crippen molar-refractivity contribution in [3.8, 4) is 17.2 Å². The molecule has 6 heteroatoms. The average Bonchev–Trinajstić information content (AvgIpc) is 3.20. The fraction of sp³-hybridized carbons (Fsp3) is 0.136. The van der Waals surface area contributed by atoms with E-state index in [0.29, 0.717) is 24.6 Å². The van der Waals surface area contributed by atoms with Crippen molar-refractivity contribution in [2.24, 2.45) is 0 Å². The highest BCUT2D eigenvalue weighted by atomic mass is 16.7. The number of amides is 2. The van der Waals surface area contributed by atoms with E-state index in [2.05, 4.69) is 10.6 Å². The van der Waals surface area contributed by atoms with E-state index >= 15 is 0 Å². The number of urea groups is 1. The van der Waals surface area contributed by atoms with Crippen molar-refractivity contribution < 1.29 is 19.0 Å². The molecule has 28 heavy (non-hydrogen) atoms. The van der Waals surface area contributed by atoms with Crippen molar-refractivity contribution >= 4 is 11.7 Å². The summed E-state index contributed by atoms with van der Waals surface area (Å²) in [5, 5.41) is 5.63. The lowest BCUT2D eigenvalue weighted by molar-refractivity contribution is 0.174. The first-order chi connectivity index (χ1) is 13.8. The first kappa shape index (κ1) is 17.7. The van der Waals surface area contributed by atoms with Crippen LogP contribution in [0.1, 0.15) is 11.1 Å². The second-order valence-corrected chi connectivity index (χ2v) is 6.29. The summed E-state index contributed by atoms with van der Waals surface area (Å²) in [6, 6.07) is 22.5. The van der Waals surface area contributed by atoms with Gasteiger partial charge in [-0.1, -0.05) is 36.4 Å². The Balaban J connectivity index is 1.25. The molecule has 0 fully saturated rings. The molecule has 2 N–H and O–H groups in total. The smallest absolute Gasteiger partial charge is 0.319 e. The summed E-state index contributed by atoms with van der Waals surface area (Å²) in [4.78, 5) is 12.1. The molecule has 1 aliphatic rings. The van der Waals surface area contributed by atoms with Gasteiger partial charge in [0.05, 0.1) is 0 Å². The third kappa shape index (κ3) is 4.54. The molecule has 0 saturated carbocycles. The van der Waals surface area contributed by atoms with Crippen molar-refractivity contribution in [3.05, 3.63) is 83.9 Å². The molecule has 0 spiro atoms. The molecule has 6 nitrogen and oxygen atoms in total. The van der Waals surface area contributed by atoms with Gasteiger partial charge in [-0.15, -0.1) is 0 Å². The Kier molecular flexibility index (Phi) is 5.29. The van der Waals surface area contributed by atoms with Crippen molar-refractivity contribution in [3.63, 3.8) is 0 Å². The number of fused-ring (bicyclic) bond motifs is 1. The van der Waals surface area contributed by atoms with Gasteiger partial charge in [0.15, 0.2) is 11.5 Å². The van der Waals surface area contributed by atoms with Crippen LogP contribution < -0.4 is 24.8 Å². The third-order valence-electron chi connectivity index (χ3n) is 4.25. The lowest BCUT2D eigenvalue weighted by atomic mass is 10.2. The summed E-state index contributed by atoms with van der Waals surface area (Å²) in [5.74, 6) is 2.17. The summed E-state index contributed by atoms with van der Waals surface area (Å²) in [5.41, 5.74) is 2.73. The van der Waals surface area contributed by atoms with Crippen LogP contribution in [0.4, 0.5) is 10.5 Å². The van der Waals surface area contributed by atoms with E-state index in [4.69, 9.17) is 14.2 Å². The molecule has 0 atom stereocenters. The molecular formula is C22H20N2O4. The van der Waals surface area contributed by atoms with E-state index in [9.17, 15) is 4.79 Å². The van der Waals surface area contributed by atoms with Crippen LogP contribution in [0.5, 0.6) is 17.2 Å². The topological polar surface area (TPSA) is 68.8 Å². The van der Waals surface area contributed by atoms with Crippen LogP contribution in [-0.2, 0) is 13.2 Å². The van der Waals surface area contributed by atoms with E-state index in [1.165, 1.54) is 0 Å². The molecule has 2 amide bonds. The van der Waals surface area contributed by atoms with Crippen LogP contribution in [0, 0.1) is 0 Å². The van der Waals surface area contributed by atoms with Gasteiger partial charge in [-0.3, -0.25) is 0 Å². The first-order valence-electron chi connectivity index (χ1n) is 8.96. The molecule has 0 bridgehead atoms. The number of carbonyl (C=O) groups excluding carboxylic acids is 1. The van der Waals surface area contributed by atoms with Crippen LogP contribution in [0.3, 0.4) is 0 Å². The lowest BCUT2D eigenvalue weighted by Crippen LogP contribution is -2.28. The van der Waals surface area contributed by atoms with Crippen molar-refractivity contribution in [2.75, 3.05) is 12.1 Å². The van der Waals surface area contributed by atoms with E-state index in [1.54, 1.807) is 12.1 Å². The molecule has 0 saturated heterocycles. The zero-order chi connectivity index (χ0) is 19.2. The minimum atomic E-state index is -0.282. The van der Waals surface area contributed by atoms with Crippen LogP contribution in [0.25, 0.3) is 0 Å². The van der Waals surface area contributed by atoms with E-state index in [0.717, 1.165) is 22.6 Å². The Morgan fingerprint density at radius 2 is 1.68 bits per heavy atom. The SMILES string of the molecule is O=C(NCc1ccc2c(c1)OCO2)Nc1ccc(OCc2ccccc2)cc1. The summed E-state index contributed by atoms with van der Waals surface area (Å²) in [7, 11) is 0. The fourth-order valence-electron chi connectivity index (χ4n) is 2.78. The summed E-state index contributed by atoms with van der Waals surface area (Å²) in [6.45, 7) is 1.13. The molecule has 142 valence electrons. The summed E-state index contributed by atoms with van der Waals surface area (Å²) < 4.78 is 16.4. The van der Waals surface area contributed by atoms with Gasteiger partial charge in [-0.05, 0) is 47.5 Å². The van der Waals surface area contributed by atoms with Crippen LogP contribution in [0.15, 0.2) is 72.8 Å². The number of anilines is 1. The van der Waals surface area contributed by atoms with Gasteiger partial charge in [-0.25, -0.2) is 4.79 Å². The van der Waals surface area contributed by atoms with Crippen LogP contribution >= 0.6 is 0 Å². The Morgan fingerprint density at radius 3 is 2.50 bits per heavy atom. The van der Waals surface area contributed by atoms with Gasteiger partial charge < -0.3 is 24.8 Å². The normalized spacial score (nSPS) is 11.7. The molecule has 0 aliphatic carbocycles. The highest BCUT2D eigenvalue weighted by Crippen LogP contribution is 2.32. The molecular weight excluding hydrogens is 356 g/mol. The Labute approximate surface area is 163 Å². The second-order valence-electron chi connectivity index (χ2n) is 6.29. The largest absolute Gasteiger partial charge is 0.489 e. The first-order valence-corrected chi connectivity index (χ1v) is 8.96. The molecule has 0 radical (unpaired) electrons. The Morgan fingerprint density at radius 1 is 0.893 bits per heavy atom. The average molecular weight is 376 g/mol. The minimum absolute atomic E-state index is 0.234. The lowest BCUT2D eigenvalue weighted by Gasteiger charge is -2.10. The number of carbonyl (C=O) groups is 1. The van der Waals surface area contributed by atoms with Gasteiger partial charge in [0.2, 0.25) is 6.79 Å². The van der Waals surface area contributed by atoms with Crippen molar-refractivity contribution in [2.45, 2.75) is 13.2 Å². The van der Waals surface area contributed by atoms with Gasteiger partial charge in [0, 0.05) is 12.2 Å². The standard InChI is InChI=1S/C22H20N2O4/c25-22(23-13-17-6-11-20-21(12-17)28-15-27-20)24-18-7-9-19(10-8-18)26-14-16-4-2-1-3-5-16/h1-12H,13-15H2,(H2,23,24,25). The van der Waals surface area contributed by atoms with E-state index in [1.807, 2.05) is 60.7 Å². The van der Waals surface area contributed by atoms with E-state index in [-0.39, 0.29) is 12.8 Å². The maximum atomic E-state index is 12.1. The van der Waals surface area contributed by atoms with Gasteiger partial charge >= 0.3 is 6.03 Å². The molecule has 3 aromatic rings. The van der Waals surface area contributed by atoms with Gasteiger partial charge in [-0.2, -0.15) is 0 Å². The molecule has 0 aromatic heterocycles. The zero-order valence-corrected chi connectivity index (χ0v) is 15.2. The molecule has 1 aliphatic heterocycles. The fourth-order valence-corrected chi connectivity index (χ4v) is 2.78. The number of hydrogen-bond acceptors (Lipinski definition) is 4. The maximum Gasteiger partial charge on any atom is 0.319 e. The number of ether oxygens (including phenoxy) is 3. The highest BCUT2D eigenvalue weighted by Gasteiger charge is 2.13. The van der Waals surface area contributed by atoms with Crippen LogP contribution in [-0.4, -0.2) is 12.8 Å². The second kappa shape index (κ2) is 8.35. The number of benzene rings is 3. The minimum Gasteiger partial charge on any atom is -0.489 e. The summed E-state index contributed by atoms with van der Waals surface area (Å²) in [6.07, 6.45) is 0. The predicted molar refractivity (Wildman–Crippen MR) is 106 cm³/mol. The molecule has 3 aromatic carbocycles. The Bertz CT molecular complexity index is 943. The highest BCUT2D eigenvalue weighted by molar-refractivity contribution is 5.89. The molecule has 4 rings (SSSR count). The molecule has 0 unspecified atom stereocenters. The number of nitrogens with one attached hydrogen (secondary N) is 2. The summed E-state index contributed by atoms with van der Waals surface area (Å²) >= 11 is 0. The zero-order valence-electron chi connectivity index (χ0n) is 15.2. The number of hydrogen-bond donors (Lipinski definition) is 2. The van der Waals surface area contributed by atoms with E-state index < -0.39 is 0 Å². The van der Waals surface area contributed by atoms with Gasteiger partial charge in [0.1, 0.15) is 12.4 Å². The molecule has 1 heterocycles. The Hall–Kier alpha value is -3.67. The third-order valence-corrected chi connectivity index (χ3v) is 4.25. The van der Waals surface area contributed by atoms with Crippen molar-refractivity contribution in [1.82, 2.24) is 5.32 Å². The predicted octanol–water partition coefficient (Wildman–Crippen LogP) is 4.32. The van der Waals surface area contributed by atoms with Crippen molar-refractivity contribution in [1.29, 1.82) is 0 Å².